The zero-order valence-electron chi connectivity index (χ0n) is 12.8. The van der Waals surface area contributed by atoms with E-state index in [1.807, 2.05) is 23.6 Å². The monoisotopic (exact) mass is 340 g/mol. The predicted molar refractivity (Wildman–Crippen MR) is 93.7 cm³/mol. The molecule has 0 bridgehead atoms. The lowest BCUT2D eigenvalue weighted by Crippen LogP contribution is -2.13. The average Bonchev–Trinajstić information content (AvgIpc) is 3.09. The van der Waals surface area contributed by atoms with Gasteiger partial charge in [0.15, 0.2) is 5.13 Å². The number of amides is 1. The molecular formula is C16H16N6OS. The molecule has 3 rings (SSSR count). The Morgan fingerprint density at radius 3 is 2.67 bits per heavy atom. The lowest BCUT2D eigenvalue weighted by molar-refractivity contribution is -0.116. The van der Waals surface area contributed by atoms with Crippen molar-refractivity contribution in [2.24, 2.45) is 0 Å². The second kappa shape index (κ2) is 8.11. The Bertz CT molecular complexity index is 778. The van der Waals surface area contributed by atoms with Crippen molar-refractivity contribution in [3.63, 3.8) is 0 Å². The van der Waals surface area contributed by atoms with Crippen LogP contribution in [-0.4, -0.2) is 32.4 Å². The van der Waals surface area contributed by atoms with E-state index in [0.717, 1.165) is 11.4 Å². The zero-order chi connectivity index (χ0) is 16.6. The summed E-state index contributed by atoms with van der Waals surface area (Å²) < 4.78 is 0. The fourth-order valence-electron chi connectivity index (χ4n) is 1.98. The largest absolute Gasteiger partial charge is 0.354 e. The maximum Gasteiger partial charge on any atom is 0.226 e. The minimum atomic E-state index is -0.0623. The van der Waals surface area contributed by atoms with Gasteiger partial charge < -0.3 is 10.6 Å². The summed E-state index contributed by atoms with van der Waals surface area (Å²) in [7, 11) is 0. The highest BCUT2D eigenvalue weighted by molar-refractivity contribution is 7.14. The van der Waals surface area contributed by atoms with Crippen LogP contribution >= 0.6 is 11.3 Å². The molecule has 0 atom stereocenters. The molecule has 1 amide bonds. The maximum atomic E-state index is 12.0. The Balaban J connectivity index is 1.43. The Morgan fingerprint density at radius 2 is 1.88 bits per heavy atom. The van der Waals surface area contributed by atoms with Crippen LogP contribution in [0.25, 0.3) is 11.4 Å². The highest BCUT2D eigenvalue weighted by Crippen LogP contribution is 2.23. The molecule has 122 valence electrons. The SMILES string of the molecule is O=C(CCCNc1ncccn1)Nc1nc(-c2ccccn2)cs1. The summed E-state index contributed by atoms with van der Waals surface area (Å²) in [4.78, 5) is 28.7. The first-order valence-corrected chi connectivity index (χ1v) is 8.37. The van der Waals surface area contributed by atoms with Crippen LogP contribution in [0, 0.1) is 0 Å². The van der Waals surface area contributed by atoms with E-state index in [-0.39, 0.29) is 5.91 Å². The second-order valence-electron chi connectivity index (χ2n) is 4.90. The lowest BCUT2D eigenvalue weighted by Gasteiger charge is -2.04. The van der Waals surface area contributed by atoms with Crippen LogP contribution in [0.3, 0.4) is 0 Å². The second-order valence-corrected chi connectivity index (χ2v) is 5.76. The molecule has 3 aromatic rings. The number of carbonyl (C=O) groups excluding carboxylic acids is 1. The number of aromatic nitrogens is 4. The van der Waals surface area contributed by atoms with Gasteiger partial charge in [-0.15, -0.1) is 11.3 Å². The molecule has 0 unspecified atom stereocenters. The van der Waals surface area contributed by atoms with E-state index in [4.69, 9.17) is 0 Å². The Labute approximate surface area is 143 Å². The van der Waals surface area contributed by atoms with Gasteiger partial charge in [-0.3, -0.25) is 9.78 Å². The van der Waals surface area contributed by atoms with Gasteiger partial charge in [0.05, 0.1) is 5.69 Å². The molecule has 0 aliphatic carbocycles. The summed E-state index contributed by atoms with van der Waals surface area (Å²) >= 11 is 1.39. The van der Waals surface area contributed by atoms with Crippen molar-refractivity contribution in [3.05, 3.63) is 48.2 Å². The predicted octanol–water partition coefficient (Wildman–Crippen LogP) is 2.83. The van der Waals surface area contributed by atoms with Crippen LogP contribution in [-0.2, 0) is 4.79 Å². The minimum Gasteiger partial charge on any atom is -0.354 e. The Hall–Kier alpha value is -2.87. The summed E-state index contributed by atoms with van der Waals surface area (Å²) in [5.41, 5.74) is 1.56. The third-order valence-electron chi connectivity index (χ3n) is 3.11. The topological polar surface area (TPSA) is 92.7 Å². The first-order valence-electron chi connectivity index (χ1n) is 7.49. The lowest BCUT2D eigenvalue weighted by atomic mass is 10.3. The van der Waals surface area contributed by atoms with Gasteiger partial charge in [-0.05, 0) is 24.6 Å². The van der Waals surface area contributed by atoms with Gasteiger partial charge >= 0.3 is 0 Å². The Kier molecular flexibility index (Phi) is 5.41. The number of hydrogen-bond donors (Lipinski definition) is 2. The molecule has 3 heterocycles. The van der Waals surface area contributed by atoms with E-state index < -0.39 is 0 Å². The normalized spacial score (nSPS) is 10.3. The van der Waals surface area contributed by atoms with Gasteiger partial charge in [-0.1, -0.05) is 6.07 Å². The number of carbonyl (C=O) groups is 1. The van der Waals surface area contributed by atoms with E-state index in [0.29, 0.717) is 30.5 Å². The highest BCUT2D eigenvalue weighted by atomic mass is 32.1. The molecule has 0 aliphatic heterocycles. The van der Waals surface area contributed by atoms with E-state index in [1.165, 1.54) is 11.3 Å². The van der Waals surface area contributed by atoms with Gasteiger partial charge in [-0.25, -0.2) is 15.0 Å². The highest BCUT2D eigenvalue weighted by Gasteiger charge is 2.08. The van der Waals surface area contributed by atoms with Gasteiger partial charge in [0.2, 0.25) is 11.9 Å². The third kappa shape index (κ3) is 4.56. The number of pyridine rings is 1. The minimum absolute atomic E-state index is 0.0623. The average molecular weight is 340 g/mol. The molecule has 0 spiro atoms. The van der Waals surface area contributed by atoms with Crippen LogP contribution in [0.5, 0.6) is 0 Å². The van der Waals surface area contributed by atoms with Crippen molar-refractivity contribution < 1.29 is 4.79 Å². The van der Waals surface area contributed by atoms with E-state index >= 15 is 0 Å². The Morgan fingerprint density at radius 1 is 1.04 bits per heavy atom. The fraction of sp³-hybridized carbons (Fsp3) is 0.188. The van der Waals surface area contributed by atoms with E-state index in [9.17, 15) is 4.79 Å². The number of thiazole rings is 1. The summed E-state index contributed by atoms with van der Waals surface area (Å²) in [6, 6.07) is 7.40. The quantitative estimate of drug-likeness (QED) is 0.643. The standard InChI is InChI=1S/C16H16N6OS/c23-14(6-3-8-18-15-19-9-4-10-20-15)22-16-21-13(11-24-16)12-5-1-2-7-17-12/h1-2,4-5,7,9-11H,3,6,8H2,(H,18,19,20)(H,21,22,23). The van der Waals surface area contributed by atoms with Crippen molar-refractivity contribution >= 4 is 28.3 Å². The number of nitrogens with zero attached hydrogens (tertiary/aromatic N) is 4. The number of hydrogen-bond acceptors (Lipinski definition) is 7. The summed E-state index contributed by atoms with van der Waals surface area (Å²) in [5.74, 6) is 0.505. The third-order valence-corrected chi connectivity index (χ3v) is 3.87. The molecule has 7 nitrogen and oxygen atoms in total. The molecule has 0 saturated heterocycles. The van der Waals surface area contributed by atoms with Crippen molar-refractivity contribution in [2.75, 3.05) is 17.2 Å². The molecular weight excluding hydrogens is 324 g/mol. The van der Waals surface area contributed by atoms with Crippen molar-refractivity contribution in [1.82, 2.24) is 19.9 Å². The number of anilines is 2. The van der Waals surface area contributed by atoms with Gasteiger partial charge in [-0.2, -0.15) is 0 Å². The molecule has 0 radical (unpaired) electrons. The number of nitrogens with one attached hydrogen (secondary N) is 2. The maximum absolute atomic E-state index is 12.0. The molecule has 0 aromatic carbocycles. The van der Waals surface area contributed by atoms with E-state index in [1.54, 1.807) is 24.7 Å². The molecule has 3 aromatic heterocycles. The molecule has 2 N–H and O–H groups in total. The molecule has 0 aliphatic rings. The summed E-state index contributed by atoms with van der Waals surface area (Å²) in [5, 5.41) is 8.34. The molecule has 8 heteroatoms. The molecule has 0 fully saturated rings. The first-order chi connectivity index (χ1) is 11.8. The fourth-order valence-corrected chi connectivity index (χ4v) is 2.70. The van der Waals surface area contributed by atoms with Crippen molar-refractivity contribution in [3.8, 4) is 11.4 Å². The number of rotatable bonds is 7. The molecule has 24 heavy (non-hydrogen) atoms. The van der Waals surface area contributed by atoms with Gasteiger partial charge in [0.25, 0.3) is 0 Å². The zero-order valence-corrected chi connectivity index (χ0v) is 13.7. The summed E-state index contributed by atoms with van der Waals surface area (Å²) in [6.45, 7) is 0.633. The van der Waals surface area contributed by atoms with Gasteiger partial charge in [0, 0.05) is 36.9 Å². The molecule has 0 saturated carbocycles. The van der Waals surface area contributed by atoms with Crippen LogP contribution in [0.1, 0.15) is 12.8 Å². The van der Waals surface area contributed by atoms with Crippen LogP contribution < -0.4 is 10.6 Å². The van der Waals surface area contributed by atoms with Crippen LogP contribution in [0.2, 0.25) is 0 Å². The van der Waals surface area contributed by atoms with E-state index in [2.05, 4.69) is 30.6 Å². The van der Waals surface area contributed by atoms with Crippen molar-refractivity contribution in [1.29, 1.82) is 0 Å². The first kappa shape index (κ1) is 16.0. The smallest absolute Gasteiger partial charge is 0.226 e. The van der Waals surface area contributed by atoms with Crippen LogP contribution in [0.15, 0.2) is 48.2 Å². The van der Waals surface area contributed by atoms with Crippen LogP contribution in [0.4, 0.5) is 11.1 Å². The van der Waals surface area contributed by atoms with Gasteiger partial charge in [0.1, 0.15) is 5.69 Å². The summed E-state index contributed by atoms with van der Waals surface area (Å²) in [6.07, 6.45) is 6.14. The van der Waals surface area contributed by atoms with Crippen molar-refractivity contribution in [2.45, 2.75) is 12.8 Å².